The highest BCUT2D eigenvalue weighted by molar-refractivity contribution is 5.68. The second kappa shape index (κ2) is 6.03. The van der Waals surface area contributed by atoms with Crippen molar-refractivity contribution in [3.05, 3.63) is 17.8 Å². The Balaban J connectivity index is 2.46. The lowest BCUT2D eigenvalue weighted by Crippen LogP contribution is -2.38. The third-order valence-corrected chi connectivity index (χ3v) is 2.08. The molecular formula is C12H20N2O5. The van der Waals surface area contributed by atoms with E-state index in [4.69, 9.17) is 19.4 Å². The van der Waals surface area contributed by atoms with E-state index in [1.54, 1.807) is 27.7 Å². The van der Waals surface area contributed by atoms with Crippen molar-refractivity contribution in [2.45, 2.75) is 52.0 Å². The monoisotopic (exact) mass is 272 g/mol. The van der Waals surface area contributed by atoms with Crippen LogP contribution in [0.25, 0.3) is 0 Å². The smallest absolute Gasteiger partial charge is 0.407 e. The quantitative estimate of drug-likeness (QED) is 0.709. The number of aromatic nitrogens is 1. The number of amides is 1. The van der Waals surface area contributed by atoms with Crippen LogP contribution in [0.3, 0.4) is 0 Å². The molecular weight excluding hydrogens is 252 g/mol. The average molecular weight is 272 g/mol. The van der Waals surface area contributed by atoms with E-state index in [0.717, 1.165) is 0 Å². The number of carbonyl (C=O) groups excluding carboxylic acids is 1. The van der Waals surface area contributed by atoms with Crippen LogP contribution in [0.5, 0.6) is 0 Å². The van der Waals surface area contributed by atoms with Gasteiger partial charge >= 0.3 is 6.09 Å². The SMILES string of the molecule is CC(Cc1nc(C(O)O)co1)NC(=O)OC(C)(C)C. The molecule has 1 aromatic heterocycles. The molecule has 0 aromatic carbocycles. The van der Waals surface area contributed by atoms with Crippen molar-refractivity contribution in [3.8, 4) is 0 Å². The predicted molar refractivity (Wildman–Crippen MR) is 66.2 cm³/mol. The van der Waals surface area contributed by atoms with Crippen LogP contribution in [-0.2, 0) is 11.2 Å². The number of hydrogen-bond acceptors (Lipinski definition) is 6. The number of nitrogens with one attached hydrogen (secondary N) is 1. The van der Waals surface area contributed by atoms with Gasteiger partial charge in [-0.25, -0.2) is 9.78 Å². The van der Waals surface area contributed by atoms with Gasteiger partial charge in [-0.15, -0.1) is 0 Å². The molecule has 0 aliphatic carbocycles. The van der Waals surface area contributed by atoms with Crippen molar-refractivity contribution in [2.24, 2.45) is 0 Å². The fourth-order valence-corrected chi connectivity index (χ4v) is 1.36. The Bertz CT molecular complexity index is 422. The van der Waals surface area contributed by atoms with Gasteiger partial charge in [-0.05, 0) is 27.7 Å². The standard InChI is InChI=1S/C12H20N2O5/c1-7(13-11(17)19-12(2,3)4)5-9-14-8(6-18-9)10(15)16/h6-7,10,15-16H,5H2,1-4H3,(H,13,17). The van der Waals surface area contributed by atoms with Crippen LogP contribution in [0, 0.1) is 0 Å². The molecule has 0 radical (unpaired) electrons. The highest BCUT2D eigenvalue weighted by Gasteiger charge is 2.19. The molecule has 0 aliphatic rings. The molecule has 1 amide bonds. The first-order valence-corrected chi connectivity index (χ1v) is 5.97. The summed E-state index contributed by atoms with van der Waals surface area (Å²) in [6, 6.07) is -0.253. The van der Waals surface area contributed by atoms with Crippen LogP contribution in [-0.4, -0.2) is 32.9 Å². The number of nitrogens with zero attached hydrogens (tertiary/aromatic N) is 1. The van der Waals surface area contributed by atoms with Crippen molar-refractivity contribution in [2.75, 3.05) is 0 Å². The molecule has 0 saturated heterocycles. The van der Waals surface area contributed by atoms with Crippen molar-refractivity contribution >= 4 is 6.09 Å². The molecule has 0 saturated carbocycles. The van der Waals surface area contributed by atoms with Crippen LogP contribution in [0.15, 0.2) is 10.7 Å². The van der Waals surface area contributed by atoms with Crippen molar-refractivity contribution < 1.29 is 24.2 Å². The van der Waals surface area contributed by atoms with Gasteiger partial charge in [-0.2, -0.15) is 0 Å². The first kappa shape index (κ1) is 15.5. The normalized spacial score (nSPS) is 13.4. The number of carbonyl (C=O) groups is 1. The summed E-state index contributed by atoms with van der Waals surface area (Å²) < 4.78 is 10.2. The molecule has 3 N–H and O–H groups in total. The topological polar surface area (TPSA) is 105 Å². The highest BCUT2D eigenvalue weighted by Crippen LogP contribution is 2.11. The van der Waals surface area contributed by atoms with Gasteiger partial charge in [0.1, 0.15) is 17.6 Å². The van der Waals surface area contributed by atoms with E-state index in [0.29, 0.717) is 12.3 Å². The number of oxazole rings is 1. The summed E-state index contributed by atoms with van der Waals surface area (Å²) in [7, 11) is 0. The van der Waals surface area contributed by atoms with Crippen LogP contribution in [0.1, 0.15) is 45.6 Å². The fourth-order valence-electron chi connectivity index (χ4n) is 1.36. The zero-order valence-corrected chi connectivity index (χ0v) is 11.5. The molecule has 1 aromatic rings. The Hall–Kier alpha value is -1.60. The summed E-state index contributed by atoms with van der Waals surface area (Å²) in [5.41, 5.74) is -0.513. The average Bonchev–Trinajstić information content (AvgIpc) is 2.62. The van der Waals surface area contributed by atoms with Gasteiger partial charge in [0.2, 0.25) is 0 Å². The van der Waals surface area contributed by atoms with E-state index in [2.05, 4.69) is 10.3 Å². The van der Waals surface area contributed by atoms with Crippen LogP contribution >= 0.6 is 0 Å². The second-order valence-electron chi connectivity index (χ2n) is 5.29. The summed E-state index contributed by atoms with van der Waals surface area (Å²) >= 11 is 0. The van der Waals surface area contributed by atoms with E-state index in [-0.39, 0.29) is 11.7 Å². The molecule has 19 heavy (non-hydrogen) atoms. The Morgan fingerprint density at radius 3 is 2.63 bits per heavy atom. The van der Waals surface area contributed by atoms with Crippen LogP contribution < -0.4 is 5.32 Å². The minimum atomic E-state index is -1.66. The molecule has 7 heteroatoms. The number of alkyl carbamates (subject to hydrolysis) is 1. The summed E-state index contributed by atoms with van der Waals surface area (Å²) in [5, 5.41) is 20.4. The molecule has 7 nitrogen and oxygen atoms in total. The van der Waals surface area contributed by atoms with Gasteiger partial charge in [0.05, 0.1) is 0 Å². The zero-order chi connectivity index (χ0) is 14.6. The lowest BCUT2D eigenvalue weighted by Gasteiger charge is -2.21. The molecule has 1 rings (SSSR count). The van der Waals surface area contributed by atoms with Gasteiger partial charge < -0.3 is 24.7 Å². The maximum Gasteiger partial charge on any atom is 0.407 e. The minimum absolute atomic E-state index is 0.0412. The van der Waals surface area contributed by atoms with Crippen molar-refractivity contribution in [1.82, 2.24) is 10.3 Å². The van der Waals surface area contributed by atoms with E-state index < -0.39 is 18.0 Å². The van der Waals surface area contributed by atoms with Gasteiger partial charge in [0.25, 0.3) is 0 Å². The molecule has 0 fully saturated rings. The molecule has 1 atom stereocenters. The Morgan fingerprint density at radius 1 is 1.53 bits per heavy atom. The van der Waals surface area contributed by atoms with Gasteiger partial charge in [-0.3, -0.25) is 0 Å². The summed E-state index contributed by atoms with van der Waals surface area (Å²) in [6.07, 6.45) is -0.688. The largest absolute Gasteiger partial charge is 0.448 e. The molecule has 1 heterocycles. The van der Waals surface area contributed by atoms with Crippen molar-refractivity contribution in [1.29, 1.82) is 0 Å². The minimum Gasteiger partial charge on any atom is -0.448 e. The first-order chi connectivity index (χ1) is 8.67. The molecule has 108 valence electrons. The highest BCUT2D eigenvalue weighted by atomic mass is 16.6. The van der Waals surface area contributed by atoms with Gasteiger partial charge in [-0.1, -0.05) is 0 Å². The maximum atomic E-state index is 11.5. The lowest BCUT2D eigenvalue weighted by molar-refractivity contribution is -0.0459. The predicted octanol–water partition coefficient (Wildman–Crippen LogP) is 1.11. The number of rotatable bonds is 4. The lowest BCUT2D eigenvalue weighted by atomic mass is 10.2. The molecule has 0 aliphatic heterocycles. The van der Waals surface area contributed by atoms with E-state index >= 15 is 0 Å². The number of aliphatic hydroxyl groups excluding tert-OH is 1. The van der Waals surface area contributed by atoms with E-state index in [9.17, 15) is 4.79 Å². The second-order valence-corrected chi connectivity index (χ2v) is 5.29. The number of hydrogen-bond donors (Lipinski definition) is 3. The van der Waals surface area contributed by atoms with E-state index in [1.807, 2.05) is 0 Å². The summed E-state index contributed by atoms with van der Waals surface area (Å²) in [5.74, 6) is 0.312. The fraction of sp³-hybridized carbons (Fsp3) is 0.667. The third-order valence-electron chi connectivity index (χ3n) is 2.08. The first-order valence-electron chi connectivity index (χ1n) is 5.97. The maximum absolute atomic E-state index is 11.5. The molecule has 0 spiro atoms. The van der Waals surface area contributed by atoms with Crippen molar-refractivity contribution in [3.63, 3.8) is 0 Å². The van der Waals surface area contributed by atoms with Crippen LogP contribution in [0.4, 0.5) is 4.79 Å². The molecule has 0 bridgehead atoms. The Morgan fingerprint density at radius 2 is 2.16 bits per heavy atom. The van der Waals surface area contributed by atoms with E-state index in [1.165, 1.54) is 6.26 Å². The van der Waals surface area contributed by atoms with Crippen LogP contribution in [0.2, 0.25) is 0 Å². The Labute approximate surface area is 111 Å². The summed E-state index contributed by atoms with van der Waals surface area (Å²) in [4.78, 5) is 15.4. The van der Waals surface area contributed by atoms with Gasteiger partial charge in [0.15, 0.2) is 12.2 Å². The molecule has 1 unspecified atom stereocenters. The summed E-state index contributed by atoms with van der Waals surface area (Å²) in [6.45, 7) is 7.10. The zero-order valence-electron chi connectivity index (χ0n) is 11.5. The number of aliphatic hydroxyl groups is 2. The van der Waals surface area contributed by atoms with Gasteiger partial charge in [0, 0.05) is 12.5 Å². The number of ether oxygens (including phenoxy) is 1. The Kier molecular flexibility index (Phi) is 4.90. The third kappa shape index (κ3) is 5.71.